The van der Waals surface area contributed by atoms with Crippen LogP contribution in [0.3, 0.4) is 0 Å². The van der Waals surface area contributed by atoms with Crippen LogP contribution < -0.4 is 0 Å². The Balaban J connectivity index is 1.12. The van der Waals surface area contributed by atoms with E-state index in [0.717, 1.165) is 39.7 Å². The van der Waals surface area contributed by atoms with Crippen molar-refractivity contribution in [2.24, 2.45) is 0 Å². The van der Waals surface area contributed by atoms with Crippen molar-refractivity contribution in [2.45, 2.75) is 0 Å². The zero-order valence-electron chi connectivity index (χ0n) is 25.5. The molecule has 0 aliphatic carbocycles. The second-order valence-electron chi connectivity index (χ2n) is 11.0. The maximum atomic E-state index is 11.6. The average molecular weight is 659 g/mol. The molecule has 0 unspecified atom stereocenters. The molecule has 49 heavy (non-hydrogen) atoms. The van der Waals surface area contributed by atoms with Gasteiger partial charge in [0.2, 0.25) is 11.6 Å². The minimum Gasteiger partial charge on any atom is -0.298 e. The van der Waals surface area contributed by atoms with Gasteiger partial charge in [-0.05, 0) is 87.3 Å². The third-order valence-electron chi connectivity index (χ3n) is 7.86. The van der Waals surface area contributed by atoms with Gasteiger partial charge in [-0.1, -0.05) is 78.3 Å². The summed E-state index contributed by atoms with van der Waals surface area (Å²) in [4.78, 5) is 23.5. The second-order valence-corrected chi connectivity index (χ2v) is 11.4. The molecule has 12 heteroatoms. The molecule has 11 nitrogen and oxygen atoms in total. The fourth-order valence-corrected chi connectivity index (χ4v) is 5.69. The number of aromatic nitrogens is 10. The number of aldehydes is 1. The molecule has 0 amide bonds. The van der Waals surface area contributed by atoms with Gasteiger partial charge < -0.3 is 0 Å². The first-order chi connectivity index (χ1) is 24.1. The minimum absolute atomic E-state index is 0.365. The molecule has 0 saturated carbocycles. The number of rotatable bonds is 8. The van der Waals surface area contributed by atoms with Gasteiger partial charge >= 0.3 is 0 Å². The molecule has 8 aromatic rings. The highest BCUT2D eigenvalue weighted by atomic mass is 35.5. The van der Waals surface area contributed by atoms with Crippen molar-refractivity contribution < 1.29 is 4.79 Å². The van der Waals surface area contributed by atoms with E-state index in [-0.39, 0.29) is 0 Å². The molecule has 234 valence electrons. The number of carbonyl (C=O) groups is 1. The van der Waals surface area contributed by atoms with E-state index in [1.807, 2.05) is 115 Å². The molecule has 0 atom stereocenters. The molecule has 0 spiro atoms. The lowest BCUT2D eigenvalue weighted by Crippen LogP contribution is -2.01. The molecule has 4 aromatic carbocycles. The van der Waals surface area contributed by atoms with Gasteiger partial charge in [0.15, 0.2) is 6.29 Å². The molecule has 4 aromatic heterocycles. The Bertz CT molecular complexity index is 2440. The Kier molecular flexibility index (Phi) is 7.76. The summed E-state index contributed by atoms with van der Waals surface area (Å²) in [5, 5.41) is 26.9. The normalized spacial score (nSPS) is 11.0. The van der Waals surface area contributed by atoms with Crippen LogP contribution in [0.15, 0.2) is 134 Å². The van der Waals surface area contributed by atoms with Crippen molar-refractivity contribution >= 4 is 17.9 Å². The molecule has 0 aliphatic rings. The fraction of sp³-hybridized carbons (Fsp3) is 0. The summed E-state index contributed by atoms with van der Waals surface area (Å²) in [6.07, 6.45) is 4.30. The Morgan fingerprint density at radius 1 is 0.551 bits per heavy atom. The van der Waals surface area contributed by atoms with Crippen LogP contribution in [-0.4, -0.2) is 56.7 Å². The Hall–Kier alpha value is -6.72. The Morgan fingerprint density at radius 3 is 1.98 bits per heavy atom. The summed E-state index contributed by atoms with van der Waals surface area (Å²) in [7, 11) is 0. The lowest BCUT2D eigenvalue weighted by atomic mass is 9.98. The van der Waals surface area contributed by atoms with E-state index in [9.17, 15) is 4.79 Å². The predicted octanol–water partition coefficient (Wildman–Crippen LogP) is 7.23. The first-order valence-corrected chi connectivity index (χ1v) is 15.5. The lowest BCUT2D eigenvalue weighted by molar-refractivity contribution is 0.112. The van der Waals surface area contributed by atoms with Gasteiger partial charge in [0.05, 0.1) is 11.4 Å². The lowest BCUT2D eigenvalue weighted by Gasteiger charge is -2.11. The van der Waals surface area contributed by atoms with Gasteiger partial charge in [-0.2, -0.15) is 0 Å². The van der Waals surface area contributed by atoms with E-state index < -0.39 is 0 Å². The number of halogens is 1. The summed E-state index contributed by atoms with van der Waals surface area (Å²) in [5.74, 6) is 0.777. The molecular formula is C37H23ClN10O. The van der Waals surface area contributed by atoms with Crippen molar-refractivity contribution in [3.05, 3.63) is 144 Å². The van der Waals surface area contributed by atoms with Gasteiger partial charge in [-0.3, -0.25) is 14.8 Å². The molecule has 0 saturated heterocycles. The van der Waals surface area contributed by atoms with Gasteiger partial charge in [0.25, 0.3) is 0 Å². The van der Waals surface area contributed by atoms with Gasteiger partial charge in [0.1, 0.15) is 11.4 Å². The number of benzene rings is 4. The highest BCUT2D eigenvalue weighted by Crippen LogP contribution is 2.34. The third-order valence-corrected chi connectivity index (χ3v) is 8.19. The molecule has 0 fully saturated rings. The number of hydrogen-bond acceptors (Lipinski definition) is 9. The number of hydrogen-bond donors (Lipinski definition) is 0. The standard InChI is InChI=1S/C37H23ClN10O/c38-33-13-4-3-12-32(33)28-18-27(20-30(21-28)48-44-36(41-46-48)34-14-5-6-17-39-34)25-15-16-35(40-22-25)37-42-45-47(43-37)29-10-7-9-24(19-29)31-11-2-1-8-26(31)23-49/h1-23H. The van der Waals surface area contributed by atoms with Crippen LogP contribution in [-0.2, 0) is 0 Å². The molecule has 0 bridgehead atoms. The smallest absolute Gasteiger partial charge is 0.223 e. The van der Waals surface area contributed by atoms with Gasteiger partial charge in [0, 0.05) is 34.1 Å². The fourth-order valence-electron chi connectivity index (χ4n) is 5.45. The molecule has 0 aliphatic heterocycles. The second kappa shape index (κ2) is 12.8. The van der Waals surface area contributed by atoms with Crippen LogP contribution in [0.25, 0.3) is 67.8 Å². The Morgan fingerprint density at radius 2 is 1.24 bits per heavy atom. The van der Waals surface area contributed by atoms with Crippen molar-refractivity contribution in [3.63, 3.8) is 0 Å². The number of nitrogens with zero attached hydrogens (tertiary/aromatic N) is 10. The van der Waals surface area contributed by atoms with E-state index >= 15 is 0 Å². The van der Waals surface area contributed by atoms with E-state index in [1.54, 1.807) is 18.5 Å². The topological polar surface area (TPSA) is 130 Å². The Labute approximate surface area is 284 Å². The zero-order chi connectivity index (χ0) is 33.2. The molecular weight excluding hydrogens is 636 g/mol. The highest BCUT2D eigenvalue weighted by Gasteiger charge is 2.15. The maximum Gasteiger partial charge on any atom is 0.223 e. The summed E-state index contributed by atoms with van der Waals surface area (Å²) in [6.45, 7) is 0. The van der Waals surface area contributed by atoms with E-state index in [1.165, 1.54) is 9.59 Å². The van der Waals surface area contributed by atoms with Gasteiger partial charge in [-0.15, -0.1) is 30.0 Å². The van der Waals surface area contributed by atoms with Gasteiger partial charge in [-0.25, -0.2) is 0 Å². The van der Waals surface area contributed by atoms with Crippen LogP contribution in [0, 0.1) is 0 Å². The minimum atomic E-state index is 0.365. The summed E-state index contributed by atoms with van der Waals surface area (Å²) in [5.41, 5.74) is 8.32. The predicted molar refractivity (Wildman–Crippen MR) is 185 cm³/mol. The van der Waals surface area contributed by atoms with Crippen molar-refractivity contribution in [1.29, 1.82) is 0 Å². The quantitative estimate of drug-likeness (QED) is 0.155. The molecule has 8 rings (SSSR count). The molecule has 4 heterocycles. The summed E-state index contributed by atoms with van der Waals surface area (Å²) in [6, 6.07) is 38.0. The van der Waals surface area contributed by atoms with Crippen LogP contribution in [0.1, 0.15) is 10.4 Å². The molecule has 0 radical (unpaired) electrons. The van der Waals surface area contributed by atoms with E-state index in [0.29, 0.717) is 45.0 Å². The first-order valence-electron chi connectivity index (χ1n) is 15.2. The van der Waals surface area contributed by atoms with Crippen molar-refractivity contribution in [3.8, 4) is 67.8 Å². The maximum absolute atomic E-state index is 11.6. The van der Waals surface area contributed by atoms with Crippen LogP contribution in [0.2, 0.25) is 5.02 Å². The monoisotopic (exact) mass is 658 g/mol. The van der Waals surface area contributed by atoms with Crippen molar-refractivity contribution in [1.82, 2.24) is 50.4 Å². The van der Waals surface area contributed by atoms with Crippen LogP contribution in [0.4, 0.5) is 0 Å². The number of carbonyl (C=O) groups excluding carboxylic acids is 1. The number of tetrazole rings is 2. The van der Waals surface area contributed by atoms with Crippen LogP contribution in [0.5, 0.6) is 0 Å². The van der Waals surface area contributed by atoms with Crippen molar-refractivity contribution in [2.75, 3.05) is 0 Å². The molecule has 0 N–H and O–H groups in total. The van der Waals surface area contributed by atoms with Crippen LogP contribution >= 0.6 is 11.6 Å². The summed E-state index contributed by atoms with van der Waals surface area (Å²) < 4.78 is 0. The van der Waals surface area contributed by atoms with E-state index in [2.05, 4.69) is 40.8 Å². The highest BCUT2D eigenvalue weighted by molar-refractivity contribution is 6.33. The third kappa shape index (κ3) is 5.97. The van der Waals surface area contributed by atoms with E-state index in [4.69, 9.17) is 11.6 Å². The SMILES string of the molecule is O=Cc1ccccc1-c1cccc(-n2nnc(-c3ccc(-c4cc(-c5ccccc5Cl)cc(-n5nnc(-c6ccccn6)n5)c4)cn3)n2)c1. The number of pyridine rings is 2. The first kappa shape index (κ1) is 29.7. The summed E-state index contributed by atoms with van der Waals surface area (Å²) >= 11 is 6.62. The average Bonchev–Trinajstić information content (AvgIpc) is 3.87. The zero-order valence-corrected chi connectivity index (χ0v) is 26.3. The largest absolute Gasteiger partial charge is 0.298 e.